The summed E-state index contributed by atoms with van der Waals surface area (Å²) in [5.41, 5.74) is 0.564. The largest absolute Gasteiger partial charge is 0.390 e. The molecule has 1 aromatic heterocycles. The van der Waals surface area contributed by atoms with Gasteiger partial charge in [0.15, 0.2) is 5.76 Å². The van der Waals surface area contributed by atoms with Crippen molar-refractivity contribution in [1.29, 1.82) is 0 Å². The summed E-state index contributed by atoms with van der Waals surface area (Å²) in [6.45, 7) is -0.276. The number of aliphatic hydroxyl groups is 1. The topological polar surface area (TPSA) is 46.3 Å². The predicted molar refractivity (Wildman–Crippen MR) is 47.8 cm³/mol. The molecule has 2 rings (SSSR count). The highest BCUT2D eigenvalue weighted by molar-refractivity contribution is 5.57. The minimum absolute atomic E-state index is 0.220. The van der Waals surface area contributed by atoms with Crippen molar-refractivity contribution >= 4 is 0 Å². The van der Waals surface area contributed by atoms with Crippen molar-refractivity contribution in [3.8, 4) is 11.3 Å². The zero-order valence-electron chi connectivity index (χ0n) is 7.58. The molecule has 0 amide bonds. The molecule has 0 spiro atoms. The number of hydrogen-bond donors (Lipinski definition) is 1. The van der Waals surface area contributed by atoms with E-state index in [0.29, 0.717) is 5.69 Å². The van der Waals surface area contributed by atoms with Crippen LogP contribution in [0.1, 0.15) is 5.69 Å². The summed E-state index contributed by atoms with van der Waals surface area (Å²) in [6, 6.07) is 4.45. The molecule has 0 aliphatic heterocycles. The second-order valence-corrected chi connectivity index (χ2v) is 3.00. The first-order chi connectivity index (χ1) is 7.19. The molecule has 15 heavy (non-hydrogen) atoms. The number of aliphatic hydroxyl groups excluding tert-OH is 1. The van der Waals surface area contributed by atoms with Crippen molar-refractivity contribution in [2.45, 2.75) is 6.61 Å². The fourth-order valence-corrected chi connectivity index (χ4v) is 1.22. The normalized spacial score (nSPS) is 10.6. The summed E-state index contributed by atoms with van der Waals surface area (Å²) in [4.78, 5) is 0. The van der Waals surface area contributed by atoms with Crippen molar-refractivity contribution in [3.63, 3.8) is 0 Å². The minimum Gasteiger partial charge on any atom is -0.390 e. The van der Waals surface area contributed by atoms with Gasteiger partial charge in [0, 0.05) is 17.7 Å². The Morgan fingerprint density at radius 3 is 2.33 bits per heavy atom. The molecule has 3 nitrogen and oxygen atoms in total. The Labute approximate surface area is 83.9 Å². The Balaban J connectivity index is 2.44. The Morgan fingerprint density at radius 1 is 1.13 bits per heavy atom. The molecular weight excluding hydrogens is 204 g/mol. The molecule has 0 aliphatic carbocycles. The predicted octanol–water partition coefficient (Wildman–Crippen LogP) is 2.11. The van der Waals surface area contributed by atoms with E-state index in [1.54, 1.807) is 0 Å². The van der Waals surface area contributed by atoms with Gasteiger partial charge < -0.3 is 9.63 Å². The minimum atomic E-state index is -0.688. The van der Waals surface area contributed by atoms with Gasteiger partial charge in [-0.1, -0.05) is 5.16 Å². The molecule has 1 heterocycles. The lowest BCUT2D eigenvalue weighted by atomic mass is 10.1. The number of nitrogens with zero attached hydrogens (tertiary/aromatic N) is 1. The zero-order valence-corrected chi connectivity index (χ0v) is 7.58. The molecule has 0 atom stereocenters. The standard InChI is InChI=1S/C10H7F2NO2/c11-7-1-6(2-8(12)3-7)10-4-9(5-14)13-15-10/h1-4,14H,5H2. The van der Waals surface area contributed by atoms with Crippen LogP contribution < -0.4 is 0 Å². The maximum atomic E-state index is 12.9. The monoisotopic (exact) mass is 211 g/mol. The first-order valence-electron chi connectivity index (χ1n) is 4.22. The summed E-state index contributed by atoms with van der Waals surface area (Å²) in [7, 11) is 0. The van der Waals surface area contributed by atoms with Gasteiger partial charge in [-0.05, 0) is 12.1 Å². The molecule has 2 aromatic rings. The van der Waals surface area contributed by atoms with Crippen LogP contribution in [0, 0.1) is 11.6 Å². The van der Waals surface area contributed by atoms with Gasteiger partial charge in [-0.3, -0.25) is 0 Å². The molecule has 0 saturated carbocycles. The van der Waals surface area contributed by atoms with Crippen molar-refractivity contribution in [2.75, 3.05) is 0 Å². The summed E-state index contributed by atoms with van der Waals surface area (Å²) in [5.74, 6) is -1.16. The molecule has 1 aromatic carbocycles. The van der Waals surface area contributed by atoms with Crippen molar-refractivity contribution < 1.29 is 18.4 Å². The summed E-state index contributed by atoms with van der Waals surface area (Å²) in [5, 5.41) is 12.2. The van der Waals surface area contributed by atoms with E-state index in [9.17, 15) is 8.78 Å². The lowest BCUT2D eigenvalue weighted by molar-refractivity contribution is 0.267. The fourth-order valence-electron chi connectivity index (χ4n) is 1.22. The second kappa shape index (κ2) is 3.78. The van der Waals surface area contributed by atoms with Crippen molar-refractivity contribution in [2.24, 2.45) is 0 Å². The Kier molecular flexibility index (Phi) is 2.47. The van der Waals surface area contributed by atoms with E-state index in [2.05, 4.69) is 5.16 Å². The molecular formula is C10H7F2NO2. The summed E-state index contributed by atoms with van der Waals surface area (Å²) in [6.07, 6.45) is 0. The average molecular weight is 211 g/mol. The molecule has 0 bridgehead atoms. The molecule has 0 radical (unpaired) electrons. The van der Waals surface area contributed by atoms with Crippen LogP contribution in [-0.2, 0) is 6.61 Å². The zero-order chi connectivity index (χ0) is 10.8. The molecule has 5 heteroatoms. The van der Waals surface area contributed by atoms with Crippen LogP contribution >= 0.6 is 0 Å². The van der Waals surface area contributed by atoms with Gasteiger partial charge in [0.2, 0.25) is 0 Å². The third kappa shape index (κ3) is 2.02. The van der Waals surface area contributed by atoms with Crippen LogP contribution in [0.15, 0.2) is 28.8 Å². The molecule has 0 saturated heterocycles. The van der Waals surface area contributed by atoms with E-state index in [-0.39, 0.29) is 17.9 Å². The van der Waals surface area contributed by atoms with Crippen LogP contribution in [0.5, 0.6) is 0 Å². The number of halogens is 2. The number of benzene rings is 1. The average Bonchev–Trinajstić information content (AvgIpc) is 2.64. The lowest BCUT2D eigenvalue weighted by Gasteiger charge is -1.96. The van der Waals surface area contributed by atoms with Gasteiger partial charge in [-0.15, -0.1) is 0 Å². The highest BCUT2D eigenvalue weighted by atomic mass is 19.1. The Morgan fingerprint density at radius 2 is 1.80 bits per heavy atom. The van der Waals surface area contributed by atoms with Gasteiger partial charge in [0.25, 0.3) is 0 Å². The van der Waals surface area contributed by atoms with E-state index >= 15 is 0 Å². The fraction of sp³-hybridized carbons (Fsp3) is 0.100. The molecule has 1 N–H and O–H groups in total. The SMILES string of the molecule is OCc1cc(-c2cc(F)cc(F)c2)on1. The summed E-state index contributed by atoms with van der Waals surface area (Å²) < 4.78 is 30.5. The lowest BCUT2D eigenvalue weighted by Crippen LogP contribution is -1.82. The van der Waals surface area contributed by atoms with Crippen molar-refractivity contribution in [1.82, 2.24) is 5.16 Å². The van der Waals surface area contributed by atoms with E-state index in [0.717, 1.165) is 18.2 Å². The first-order valence-corrected chi connectivity index (χ1v) is 4.22. The number of rotatable bonds is 2. The highest BCUT2D eigenvalue weighted by Crippen LogP contribution is 2.22. The van der Waals surface area contributed by atoms with E-state index < -0.39 is 11.6 Å². The summed E-state index contributed by atoms with van der Waals surface area (Å²) >= 11 is 0. The molecule has 0 fully saturated rings. The Hall–Kier alpha value is -1.75. The third-order valence-electron chi connectivity index (χ3n) is 1.87. The van der Waals surface area contributed by atoms with E-state index in [1.807, 2.05) is 0 Å². The van der Waals surface area contributed by atoms with Crippen molar-refractivity contribution in [3.05, 3.63) is 41.6 Å². The van der Waals surface area contributed by atoms with Gasteiger partial charge in [0.05, 0.1) is 6.61 Å². The Bertz CT molecular complexity index is 462. The highest BCUT2D eigenvalue weighted by Gasteiger charge is 2.08. The van der Waals surface area contributed by atoms with E-state index in [4.69, 9.17) is 9.63 Å². The molecule has 78 valence electrons. The van der Waals surface area contributed by atoms with Gasteiger partial charge in [-0.25, -0.2) is 8.78 Å². The quantitative estimate of drug-likeness (QED) is 0.827. The smallest absolute Gasteiger partial charge is 0.167 e. The maximum absolute atomic E-state index is 12.9. The molecule has 0 unspecified atom stereocenters. The van der Waals surface area contributed by atoms with Crippen LogP contribution in [0.2, 0.25) is 0 Å². The first kappa shape index (κ1) is 9.79. The van der Waals surface area contributed by atoms with E-state index in [1.165, 1.54) is 6.07 Å². The van der Waals surface area contributed by atoms with Gasteiger partial charge in [0.1, 0.15) is 17.3 Å². The van der Waals surface area contributed by atoms with Crippen LogP contribution in [0.4, 0.5) is 8.78 Å². The van der Waals surface area contributed by atoms with Crippen LogP contribution in [0.25, 0.3) is 11.3 Å². The maximum Gasteiger partial charge on any atom is 0.167 e. The van der Waals surface area contributed by atoms with Gasteiger partial charge in [-0.2, -0.15) is 0 Å². The second-order valence-electron chi connectivity index (χ2n) is 3.00. The molecule has 0 aliphatic rings. The van der Waals surface area contributed by atoms with Crippen LogP contribution in [0.3, 0.4) is 0 Å². The van der Waals surface area contributed by atoms with Crippen LogP contribution in [-0.4, -0.2) is 10.3 Å². The number of hydrogen-bond acceptors (Lipinski definition) is 3. The third-order valence-corrected chi connectivity index (χ3v) is 1.87. The van der Waals surface area contributed by atoms with Gasteiger partial charge >= 0.3 is 0 Å². The number of aromatic nitrogens is 1.